The quantitative estimate of drug-likeness (QED) is 0.255. The van der Waals surface area contributed by atoms with Crippen LogP contribution in [0.2, 0.25) is 0 Å². The number of nitrogens with zero attached hydrogens (tertiary/aromatic N) is 1. The summed E-state index contributed by atoms with van der Waals surface area (Å²) in [6.45, 7) is 0. The van der Waals surface area contributed by atoms with Gasteiger partial charge in [0.05, 0.1) is 10.5 Å². The second-order valence-corrected chi connectivity index (χ2v) is 6.29. The Morgan fingerprint density at radius 3 is 2.34 bits per heavy atom. The average molecular weight is 385 g/mol. The van der Waals surface area contributed by atoms with Gasteiger partial charge in [0.2, 0.25) is 0 Å². The zero-order chi connectivity index (χ0) is 20.2. The summed E-state index contributed by atoms with van der Waals surface area (Å²) in [6, 6.07) is 22.7. The van der Waals surface area contributed by atoms with Gasteiger partial charge in [-0.05, 0) is 54.1 Å². The van der Waals surface area contributed by atoms with Crippen molar-refractivity contribution in [2.75, 3.05) is 0 Å². The number of carbonyl (C=O) groups is 1. The maximum Gasteiger partial charge on any atom is 0.343 e. The van der Waals surface area contributed by atoms with Crippen LogP contribution in [0.15, 0.2) is 90.5 Å². The van der Waals surface area contributed by atoms with Crippen molar-refractivity contribution in [3.63, 3.8) is 0 Å². The first-order valence-electron chi connectivity index (χ1n) is 8.82. The summed E-state index contributed by atoms with van der Waals surface area (Å²) in [5.74, 6) is 1.31. The molecule has 3 aromatic rings. The zero-order valence-corrected chi connectivity index (χ0v) is 15.1. The van der Waals surface area contributed by atoms with Crippen LogP contribution in [-0.4, -0.2) is 10.9 Å². The number of carbonyl (C=O) groups excluding carboxylic acids is 1. The topological polar surface area (TPSA) is 78.7 Å². The normalized spacial score (nSPS) is 14.4. The van der Waals surface area contributed by atoms with Gasteiger partial charge in [-0.2, -0.15) is 0 Å². The van der Waals surface area contributed by atoms with Crippen LogP contribution in [0.4, 0.5) is 5.69 Å². The lowest BCUT2D eigenvalue weighted by atomic mass is 10.1. The van der Waals surface area contributed by atoms with E-state index >= 15 is 0 Å². The predicted molar refractivity (Wildman–Crippen MR) is 108 cm³/mol. The minimum atomic E-state index is -0.504. The van der Waals surface area contributed by atoms with Crippen LogP contribution in [0.1, 0.15) is 11.1 Å². The van der Waals surface area contributed by atoms with E-state index in [1.165, 1.54) is 12.1 Å². The molecule has 29 heavy (non-hydrogen) atoms. The molecule has 0 N–H and O–H groups in total. The third kappa shape index (κ3) is 4.22. The highest BCUT2D eigenvalue weighted by molar-refractivity contribution is 6.05. The number of hydrogen-bond donors (Lipinski definition) is 0. The fourth-order valence-corrected chi connectivity index (χ4v) is 2.85. The first-order chi connectivity index (χ1) is 14.1. The van der Waals surface area contributed by atoms with Crippen molar-refractivity contribution in [2.24, 2.45) is 0 Å². The molecule has 0 unspecified atom stereocenters. The molecule has 0 saturated carbocycles. The molecule has 1 aliphatic rings. The number of para-hydroxylation sites is 1. The van der Waals surface area contributed by atoms with Gasteiger partial charge < -0.3 is 9.47 Å². The first kappa shape index (κ1) is 18.2. The average Bonchev–Trinajstić information content (AvgIpc) is 3.10. The highest BCUT2D eigenvalue weighted by Gasteiger charge is 2.22. The lowest BCUT2D eigenvalue weighted by Crippen LogP contribution is -1.97. The maximum atomic E-state index is 12.2. The lowest BCUT2D eigenvalue weighted by Gasteiger charge is -2.06. The van der Waals surface area contributed by atoms with E-state index in [9.17, 15) is 14.9 Å². The summed E-state index contributed by atoms with van der Waals surface area (Å²) >= 11 is 0. The molecule has 0 atom stereocenters. The van der Waals surface area contributed by atoms with Gasteiger partial charge in [0.25, 0.3) is 5.69 Å². The minimum Gasteiger partial charge on any atom is -0.457 e. The summed E-state index contributed by atoms with van der Waals surface area (Å²) < 4.78 is 11.1. The van der Waals surface area contributed by atoms with E-state index < -0.39 is 10.9 Å². The van der Waals surface area contributed by atoms with Crippen LogP contribution in [0.5, 0.6) is 11.5 Å². The summed E-state index contributed by atoms with van der Waals surface area (Å²) in [6.07, 6.45) is 3.18. The van der Waals surface area contributed by atoms with Crippen LogP contribution in [-0.2, 0) is 9.53 Å². The molecule has 0 spiro atoms. The second-order valence-electron chi connectivity index (χ2n) is 6.29. The third-order valence-corrected chi connectivity index (χ3v) is 4.25. The Morgan fingerprint density at radius 2 is 1.62 bits per heavy atom. The maximum absolute atomic E-state index is 12.2. The van der Waals surface area contributed by atoms with Crippen molar-refractivity contribution >= 4 is 23.5 Å². The van der Waals surface area contributed by atoms with Crippen LogP contribution >= 0.6 is 0 Å². The Morgan fingerprint density at radius 1 is 0.897 bits per heavy atom. The molecular formula is C23H15NO5. The van der Waals surface area contributed by atoms with Crippen LogP contribution in [0.3, 0.4) is 0 Å². The first-order valence-corrected chi connectivity index (χ1v) is 8.82. The Hall–Kier alpha value is -4.19. The van der Waals surface area contributed by atoms with Crippen LogP contribution in [0, 0.1) is 10.1 Å². The Bertz CT molecular complexity index is 1130. The summed E-state index contributed by atoms with van der Waals surface area (Å²) in [5.41, 5.74) is 1.56. The Kier molecular flexibility index (Phi) is 4.90. The molecule has 0 aliphatic carbocycles. The second kappa shape index (κ2) is 7.82. The monoisotopic (exact) mass is 385 g/mol. The van der Waals surface area contributed by atoms with Gasteiger partial charge in [0, 0.05) is 17.7 Å². The number of ether oxygens (including phenoxy) is 2. The van der Waals surface area contributed by atoms with E-state index in [4.69, 9.17) is 9.47 Å². The fraction of sp³-hybridized carbons (Fsp3) is 0. The number of benzene rings is 3. The van der Waals surface area contributed by atoms with Gasteiger partial charge in [-0.25, -0.2) is 4.79 Å². The van der Waals surface area contributed by atoms with Crippen molar-refractivity contribution in [1.29, 1.82) is 0 Å². The highest BCUT2D eigenvalue weighted by Crippen LogP contribution is 2.30. The number of hydrogen-bond acceptors (Lipinski definition) is 5. The largest absolute Gasteiger partial charge is 0.457 e. The van der Waals surface area contributed by atoms with Gasteiger partial charge in [-0.3, -0.25) is 10.1 Å². The zero-order valence-electron chi connectivity index (χ0n) is 15.1. The fourth-order valence-electron chi connectivity index (χ4n) is 2.85. The van der Waals surface area contributed by atoms with E-state index in [1.807, 2.05) is 30.3 Å². The molecule has 3 aromatic carbocycles. The summed E-state index contributed by atoms with van der Waals surface area (Å²) in [7, 11) is 0. The van der Waals surface area contributed by atoms with Crippen molar-refractivity contribution in [3.05, 3.63) is 112 Å². The van der Waals surface area contributed by atoms with Crippen LogP contribution < -0.4 is 4.74 Å². The van der Waals surface area contributed by atoms with Gasteiger partial charge in [-0.15, -0.1) is 0 Å². The van der Waals surface area contributed by atoms with E-state index in [1.54, 1.807) is 48.6 Å². The molecule has 4 rings (SSSR count). The molecule has 0 saturated heterocycles. The predicted octanol–water partition coefficient (Wildman–Crippen LogP) is 5.37. The molecule has 142 valence electrons. The standard InChI is InChI=1S/C23H15NO5/c25-23-18(13-16-5-4-6-19(14-16)24(26)27)15-22(29-23)17-9-11-21(12-10-17)28-20-7-2-1-3-8-20/h1-15H. The summed E-state index contributed by atoms with van der Waals surface area (Å²) in [4.78, 5) is 22.6. The molecule has 1 heterocycles. The smallest absolute Gasteiger partial charge is 0.343 e. The van der Waals surface area contributed by atoms with Crippen molar-refractivity contribution in [3.8, 4) is 11.5 Å². The molecule has 6 heteroatoms. The Balaban J connectivity index is 1.54. The van der Waals surface area contributed by atoms with E-state index in [0.717, 1.165) is 11.3 Å². The van der Waals surface area contributed by atoms with Gasteiger partial charge in [-0.1, -0.05) is 30.3 Å². The Labute approximate surface area is 166 Å². The lowest BCUT2D eigenvalue weighted by molar-refractivity contribution is -0.384. The van der Waals surface area contributed by atoms with E-state index in [2.05, 4.69) is 0 Å². The third-order valence-electron chi connectivity index (χ3n) is 4.25. The molecule has 0 bridgehead atoms. The number of cyclic esters (lactones) is 1. The minimum absolute atomic E-state index is 0.0380. The number of non-ortho nitro benzene ring substituents is 1. The molecule has 0 fully saturated rings. The molecule has 0 amide bonds. The molecular weight excluding hydrogens is 370 g/mol. The number of esters is 1. The van der Waals surface area contributed by atoms with Crippen molar-refractivity contribution < 1.29 is 19.2 Å². The molecule has 1 aliphatic heterocycles. The van der Waals surface area contributed by atoms with Crippen molar-refractivity contribution in [1.82, 2.24) is 0 Å². The van der Waals surface area contributed by atoms with E-state index in [0.29, 0.717) is 22.6 Å². The van der Waals surface area contributed by atoms with Crippen LogP contribution in [0.25, 0.3) is 11.8 Å². The van der Waals surface area contributed by atoms with Gasteiger partial charge >= 0.3 is 5.97 Å². The molecule has 0 aromatic heterocycles. The number of nitro groups is 1. The number of nitro benzene ring substituents is 1. The SMILES string of the molecule is O=C1OC(c2ccc(Oc3ccccc3)cc2)=CC1=Cc1cccc([N+](=O)[O-])c1. The highest BCUT2D eigenvalue weighted by atomic mass is 16.6. The molecule has 0 radical (unpaired) electrons. The summed E-state index contributed by atoms with van der Waals surface area (Å²) in [5, 5.41) is 10.9. The number of rotatable bonds is 5. The molecule has 6 nitrogen and oxygen atoms in total. The van der Waals surface area contributed by atoms with Crippen molar-refractivity contribution in [2.45, 2.75) is 0 Å². The van der Waals surface area contributed by atoms with Gasteiger partial charge in [0.1, 0.15) is 17.3 Å². The van der Waals surface area contributed by atoms with Gasteiger partial charge in [0.15, 0.2) is 0 Å². The van der Waals surface area contributed by atoms with E-state index in [-0.39, 0.29) is 5.69 Å².